The maximum atomic E-state index is 12.2. The van der Waals surface area contributed by atoms with Crippen molar-refractivity contribution in [2.24, 2.45) is 4.99 Å². The van der Waals surface area contributed by atoms with Crippen LogP contribution in [0.15, 0.2) is 81.8 Å². The number of nitrogens with one attached hydrogen (secondary N) is 1. The molecule has 29 heavy (non-hydrogen) atoms. The molecule has 146 valence electrons. The second kappa shape index (κ2) is 8.70. The summed E-state index contributed by atoms with van der Waals surface area (Å²) in [4.78, 5) is 28.9. The van der Waals surface area contributed by atoms with E-state index < -0.39 is 0 Å². The Morgan fingerprint density at radius 2 is 1.93 bits per heavy atom. The van der Waals surface area contributed by atoms with Gasteiger partial charge in [0.25, 0.3) is 5.91 Å². The molecule has 7 heteroatoms. The summed E-state index contributed by atoms with van der Waals surface area (Å²) < 4.78 is 6.98. The van der Waals surface area contributed by atoms with Gasteiger partial charge in [-0.15, -0.1) is 11.3 Å². The second-order valence-corrected chi connectivity index (χ2v) is 7.31. The average molecular weight is 405 g/mol. The summed E-state index contributed by atoms with van der Waals surface area (Å²) in [5.41, 5.74) is 1.17. The van der Waals surface area contributed by atoms with Gasteiger partial charge in [-0.05, 0) is 28.5 Å². The van der Waals surface area contributed by atoms with Gasteiger partial charge in [-0.2, -0.15) is 4.99 Å². The third-order valence-electron chi connectivity index (χ3n) is 4.47. The normalized spacial score (nSPS) is 11.7. The lowest BCUT2D eigenvalue weighted by Crippen LogP contribution is -2.26. The SMILES string of the molecule is O=C(CCNC(=O)c1ccco1)N=c1sccn1Cc1cccc2ccccc12. The second-order valence-electron chi connectivity index (χ2n) is 6.44. The number of hydrogen-bond donors (Lipinski definition) is 1. The van der Waals surface area contributed by atoms with E-state index in [4.69, 9.17) is 4.42 Å². The molecule has 0 aliphatic rings. The number of hydrogen-bond acceptors (Lipinski definition) is 4. The molecule has 0 spiro atoms. The van der Waals surface area contributed by atoms with Crippen molar-refractivity contribution >= 4 is 33.9 Å². The maximum Gasteiger partial charge on any atom is 0.286 e. The van der Waals surface area contributed by atoms with E-state index in [-0.39, 0.29) is 30.5 Å². The highest BCUT2D eigenvalue weighted by Gasteiger charge is 2.09. The number of fused-ring (bicyclic) bond motifs is 1. The molecule has 4 rings (SSSR count). The van der Waals surface area contributed by atoms with E-state index in [9.17, 15) is 9.59 Å². The maximum absolute atomic E-state index is 12.2. The Kier molecular flexibility index (Phi) is 5.67. The molecule has 0 radical (unpaired) electrons. The number of amides is 2. The minimum Gasteiger partial charge on any atom is -0.459 e. The van der Waals surface area contributed by atoms with E-state index in [1.807, 2.05) is 34.3 Å². The van der Waals surface area contributed by atoms with Crippen LogP contribution in [0.3, 0.4) is 0 Å². The van der Waals surface area contributed by atoms with Crippen LogP contribution in [0.25, 0.3) is 10.8 Å². The molecule has 0 unspecified atom stereocenters. The molecule has 0 saturated carbocycles. The molecular formula is C22H19N3O3S. The first-order chi connectivity index (χ1) is 14.2. The topological polar surface area (TPSA) is 76.6 Å². The first-order valence-corrected chi connectivity index (χ1v) is 10.1. The zero-order valence-corrected chi connectivity index (χ0v) is 16.4. The number of aromatic nitrogens is 1. The van der Waals surface area contributed by atoms with Gasteiger partial charge in [-0.3, -0.25) is 9.59 Å². The summed E-state index contributed by atoms with van der Waals surface area (Å²) in [6.07, 6.45) is 3.48. The third kappa shape index (κ3) is 4.52. The Morgan fingerprint density at radius 1 is 1.07 bits per heavy atom. The van der Waals surface area contributed by atoms with E-state index in [0.717, 1.165) is 0 Å². The molecule has 2 heterocycles. The van der Waals surface area contributed by atoms with Crippen LogP contribution in [0.1, 0.15) is 22.5 Å². The molecule has 2 aromatic carbocycles. The highest BCUT2D eigenvalue weighted by molar-refractivity contribution is 7.07. The van der Waals surface area contributed by atoms with Crippen molar-refractivity contribution < 1.29 is 14.0 Å². The average Bonchev–Trinajstić information content (AvgIpc) is 3.41. The van der Waals surface area contributed by atoms with Gasteiger partial charge in [0.2, 0.25) is 5.91 Å². The van der Waals surface area contributed by atoms with E-state index in [0.29, 0.717) is 11.3 Å². The lowest BCUT2D eigenvalue weighted by atomic mass is 10.0. The van der Waals surface area contributed by atoms with Crippen LogP contribution in [0.2, 0.25) is 0 Å². The predicted molar refractivity (Wildman–Crippen MR) is 112 cm³/mol. The van der Waals surface area contributed by atoms with Crippen molar-refractivity contribution in [2.75, 3.05) is 6.54 Å². The molecule has 6 nitrogen and oxygen atoms in total. The fourth-order valence-electron chi connectivity index (χ4n) is 3.06. The molecular weight excluding hydrogens is 386 g/mol. The van der Waals surface area contributed by atoms with E-state index >= 15 is 0 Å². The smallest absolute Gasteiger partial charge is 0.286 e. The number of rotatable bonds is 6. The van der Waals surface area contributed by atoms with Gasteiger partial charge < -0.3 is 14.3 Å². The Hall–Kier alpha value is -3.45. The predicted octanol–water partition coefficient (Wildman–Crippen LogP) is 3.59. The quantitative estimate of drug-likeness (QED) is 0.533. The van der Waals surface area contributed by atoms with Gasteiger partial charge in [0, 0.05) is 24.5 Å². The van der Waals surface area contributed by atoms with Crippen LogP contribution in [-0.4, -0.2) is 22.9 Å². The summed E-state index contributed by atoms with van der Waals surface area (Å²) in [6.45, 7) is 0.836. The number of nitrogens with zero attached hydrogens (tertiary/aromatic N) is 2. The lowest BCUT2D eigenvalue weighted by molar-refractivity contribution is -0.117. The number of furan rings is 1. The van der Waals surface area contributed by atoms with E-state index in [1.165, 1.54) is 33.9 Å². The van der Waals surface area contributed by atoms with Crippen molar-refractivity contribution in [3.63, 3.8) is 0 Å². The van der Waals surface area contributed by atoms with Crippen molar-refractivity contribution in [1.29, 1.82) is 0 Å². The van der Waals surface area contributed by atoms with Gasteiger partial charge in [0.05, 0.1) is 12.8 Å². The van der Waals surface area contributed by atoms with Crippen LogP contribution in [-0.2, 0) is 11.3 Å². The highest BCUT2D eigenvalue weighted by atomic mass is 32.1. The molecule has 2 amide bonds. The van der Waals surface area contributed by atoms with Gasteiger partial charge in [-0.1, -0.05) is 42.5 Å². The Morgan fingerprint density at radius 3 is 2.79 bits per heavy atom. The highest BCUT2D eigenvalue weighted by Crippen LogP contribution is 2.19. The first-order valence-electron chi connectivity index (χ1n) is 9.20. The van der Waals surface area contributed by atoms with Crippen LogP contribution >= 0.6 is 11.3 Å². The van der Waals surface area contributed by atoms with Crippen LogP contribution < -0.4 is 10.1 Å². The lowest BCUT2D eigenvalue weighted by Gasteiger charge is -2.07. The Labute approximate surface area is 171 Å². The van der Waals surface area contributed by atoms with E-state index in [2.05, 4.69) is 34.6 Å². The number of carbonyl (C=O) groups excluding carboxylic acids is 2. The molecule has 0 fully saturated rings. The fourth-order valence-corrected chi connectivity index (χ4v) is 3.81. The summed E-state index contributed by atoms with van der Waals surface area (Å²) in [5, 5.41) is 6.94. The molecule has 4 aromatic rings. The summed E-state index contributed by atoms with van der Waals surface area (Å²) >= 11 is 1.41. The first kappa shape index (κ1) is 18.9. The molecule has 2 aromatic heterocycles. The fraction of sp³-hybridized carbons (Fsp3) is 0.136. The summed E-state index contributed by atoms with van der Waals surface area (Å²) in [7, 11) is 0. The summed E-state index contributed by atoms with van der Waals surface area (Å²) in [5.74, 6) is -0.399. The van der Waals surface area contributed by atoms with Crippen molar-refractivity contribution in [1.82, 2.24) is 9.88 Å². The minimum absolute atomic E-state index is 0.124. The molecule has 1 N–H and O–H groups in total. The van der Waals surface area contributed by atoms with Crippen molar-refractivity contribution in [3.8, 4) is 0 Å². The molecule has 0 aliphatic carbocycles. The van der Waals surface area contributed by atoms with Crippen molar-refractivity contribution in [2.45, 2.75) is 13.0 Å². The van der Waals surface area contributed by atoms with Crippen LogP contribution in [0, 0.1) is 0 Å². The standard InChI is InChI=1S/C22H19N3O3S/c26-20(10-11-23-21(27)19-9-4-13-28-19)24-22-25(12-14-29-22)15-17-7-3-6-16-5-1-2-8-18(16)17/h1-9,12-14H,10-11,15H2,(H,23,27). The number of thiazole rings is 1. The Balaban J connectivity index is 1.43. The van der Waals surface area contributed by atoms with Crippen LogP contribution in [0.4, 0.5) is 0 Å². The van der Waals surface area contributed by atoms with Gasteiger partial charge in [0.15, 0.2) is 10.6 Å². The number of benzene rings is 2. The third-order valence-corrected chi connectivity index (χ3v) is 5.26. The van der Waals surface area contributed by atoms with Gasteiger partial charge in [-0.25, -0.2) is 0 Å². The van der Waals surface area contributed by atoms with Gasteiger partial charge in [0.1, 0.15) is 0 Å². The molecule has 0 saturated heterocycles. The van der Waals surface area contributed by atoms with Crippen molar-refractivity contribution in [3.05, 3.63) is 88.6 Å². The molecule has 0 bridgehead atoms. The largest absolute Gasteiger partial charge is 0.459 e. The zero-order chi connectivity index (χ0) is 20.1. The zero-order valence-electron chi connectivity index (χ0n) is 15.6. The van der Waals surface area contributed by atoms with Gasteiger partial charge >= 0.3 is 0 Å². The van der Waals surface area contributed by atoms with Crippen LogP contribution in [0.5, 0.6) is 0 Å². The monoisotopic (exact) mass is 405 g/mol. The Bertz CT molecular complexity index is 1200. The molecule has 0 atom stereocenters. The van der Waals surface area contributed by atoms with E-state index in [1.54, 1.807) is 12.1 Å². The summed E-state index contributed by atoms with van der Waals surface area (Å²) in [6, 6.07) is 17.7. The minimum atomic E-state index is -0.343. The number of carbonyl (C=O) groups is 2. The molecule has 0 aliphatic heterocycles.